The van der Waals surface area contributed by atoms with Gasteiger partial charge < -0.3 is 0 Å². The van der Waals surface area contributed by atoms with Crippen LogP contribution in [0.4, 0.5) is 0 Å². The van der Waals surface area contributed by atoms with E-state index in [1.165, 1.54) is 61.2 Å². The molecule has 1 atom stereocenters. The molecule has 1 unspecified atom stereocenters. The van der Waals surface area contributed by atoms with E-state index in [4.69, 9.17) is 9.98 Å². The minimum Gasteiger partial charge on any atom is -0.287 e. The molecule has 0 N–H and O–H groups in total. The molecule has 0 aliphatic heterocycles. The van der Waals surface area contributed by atoms with Gasteiger partial charge in [0, 0.05) is 24.4 Å². The van der Waals surface area contributed by atoms with Crippen molar-refractivity contribution in [3.63, 3.8) is 0 Å². The minimum absolute atomic E-state index is 0.649. The zero-order valence-corrected chi connectivity index (χ0v) is 30.6. The van der Waals surface area contributed by atoms with Crippen LogP contribution in [0.3, 0.4) is 0 Å². The van der Waals surface area contributed by atoms with Crippen LogP contribution in [0.25, 0.3) is 33.9 Å². The molecule has 0 saturated heterocycles. The maximum atomic E-state index is 5.55. The summed E-state index contributed by atoms with van der Waals surface area (Å²) in [4.78, 5) is 10.6. The number of nitrogens with zero attached hydrogens (tertiary/aromatic N) is 2. The number of hydrogen-bond acceptors (Lipinski definition) is 2. The predicted octanol–water partition coefficient (Wildman–Crippen LogP) is 12.2. The van der Waals surface area contributed by atoms with Crippen LogP contribution in [0.15, 0.2) is 198 Å². The van der Waals surface area contributed by atoms with Gasteiger partial charge in [0.1, 0.15) is 0 Å². The molecular formula is C52H40N2. The average molecular weight is 693 g/mol. The molecular weight excluding hydrogens is 653 g/mol. The molecule has 0 bridgehead atoms. The minimum atomic E-state index is -0.649. The molecule has 258 valence electrons. The Hall–Kier alpha value is -6.64. The lowest BCUT2D eigenvalue weighted by Crippen LogP contribution is -2.27. The Bertz CT molecular complexity index is 2620. The van der Waals surface area contributed by atoms with Crippen molar-refractivity contribution < 1.29 is 0 Å². The molecule has 0 radical (unpaired) electrons. The van der Waals surface area contributed by atoms with Gasteiger partial charge in [-0.15, -0.1) is 0 Å². The maximum absolute atomic E-state index is 5.55. The van der Waals surface area contributed by atoms with E-state index in [9.17, 15) is 0 Å². The largest absolute Gasteiger partial charge is 0.287 e. The van der Waals surface area contributed by atoms with Crippen molar-refractivity contribution in [3.8, 4) is 22.3 Å². The fourth-order valence-corrected chi connectivity index (χ4v) is 8.46. The second kappa shape index (κ2) is 14.1. The molecule has 54 heavy (non-hydrogen) atoms. The van der Waals surface area contributed by atoms with E-state index >= 15 is 0 Å². The van der Waals surface area contributed by atoms with Crippen molar-refractivity contribution in [3.05, 3.63) is 238 Å². The summed E-state index contributed by atoms with van der Waals surface area (Å²) in [6, 6.07) is 63.3. The Labute approximate surface area is 318 Å². The second-order valence-electron chi connectivity index (χ2n) is 14.1. The smallest absolute Gasteiger partial charge is 0.0899 e. The van der Waals surface area contributed by atoms with Gasteiger partial charge in [-0.2, -0.15) is 0 Å². The van der Waals surface area contributed by atoms with Crippen LogP contribution in [-0.2, 0) is 11.8 Å². The summed E-state index contributed by atoms with van der Waals surface area (Å²) < 4.78 is 0. The number of hydrogen-bond donors (Lipinski definition) is 0. The lowest BCUT2D eigenvalue weighted by atomic mass is 9.71. The van der Waals surface area contributed by atoms with Gasteiger partial charge in [0.05, 0.1) is 16.8 Å². The molecule has 7 aromatic rings. The second-order valence-corrected chi connectivity index (χ2v) is 14.1. The quantitative estimate of drug-likeness (QED) is 0.142. The van der Waals surface area contributed by atoms with Crippen molar-refractivity contribution in [2.24, 2.45) is 9.98 Å². The third kappa shape index (κ3) is 5.59. The Morgan fingerprint density at radius 3 is 1.93 bits per heavy atom. The molecule has 0 heterocycles. The standard InChI is InChI=1S/C52H40N2/c1-36-16-9-10-20-39(36)23-15-19-37-28-30-40(31-29-37)42-32-33-44-43-24-11-13-26-46(43)52(48(44)34-42)47-27-14-12-25-45(47)49(50(53-2)41-21-7-4-8-22-41)51(52)54-35-38-17-5-3-6-18-38/h3-18,20-35H,19H2,1-2H3/b23-15-,53-50-,54-35+. The first-order valence-electron chi connectivity index (χ1n) is 18.7. The molecule has 1 spiro atoms. The fourth-order valence-electron chi connectivity index (χ4n) is 8.46. The lowest BCUT2D eigenvalue weighted by molar-refractivity contribution is 0.758. The van der Waals surface area contributed by atoms with Gasteiger partial charge >= 0.3 is 0 Å². The van der Waals surface area contributed by atoms with Gasteiger partial charge in [-0.25, -0.2) is 0 Å². The molecule has 9 rings (SSSR count). The van der Waals surface area contributed by atoms with Crippen LogP contribution < -0.4 is 0 Å². The molecule has 0 saturated carbocycles. The monoisotopic (exact) mass is 692 g/mol. The molecule has 0 amide bonds. The van der Waals surface area contributed by atoms with Crippen LogP contribution in [0, 0.1) is 6.92 Å². The van der Waals surface area contributed by atoms with E-state index < -0.39 is 5.41 Å². The van der Waals surface area contributed by atoms with Gasteiger partial charge in [-0.1, -0.05) is 182 Å². The van der Waals surface area contributed by atoms with Gasteiger partial charge in [0.15, 0.2) is 0 Å². The summed E-state index contributed by atoms with van der Waals surface area (Å²) in [5, 5.41) is 0. The number of allylic oxidation sites excluding steroid dienone is 3. The molecule has 2 heteroatoms. The molecule has 2 aliphatic carbocycles. The van der Waals surface area contributed by atoms with Crippen molar-refractivity contribution in [1.29, 1.82) is 0 Å². The lowest BCUT2D eigenvalue weighted by Gasteiger charge is -2.31. The highest BCUT2D eigenvalue weighted by molar-refractivity contribution is 6.34. The van der Waals surface area contributed by atoms with Crippen molar-refractivity contribution in [1.82, 2.24) is 0 Å². The first-order valence-corrected chi connectivity index (χ1v) is 18.7. The van der Waals surface area contributed by atoms with Crippen LogP contribution in [0.5, 0.6) is 0 Å². The highest BCUT2D eigenvalue weighted by Gasteiger charge is 2.54. The van der Waals surface area contributed by atoms with Gasteiger partial charge in [0.25, 0.3) is 0 Å². The maximum Gasteiger partial charge on any atom is 0.0899 e. The Morgan fingerprint density at radius 2 is 1.19 bits per heavy atom. The van der Waals surface area contributed by atoms with E-state index in [1.54, 1.807) is 0 Å². The molecule has 0 aromatic heterocycles. The summed E-state index contributed by atoms with van der Waals surface area (Å²) in [7, 11) is 1.90. The zero-order chi connectivity index (χ0) is 36.5. The topological polar surface area (TPSA) is 24.7 Å². The van der Waals surface area contributed by atoms with Crippen molar-refractivity contribution in [2.45, 2.75) is 18.8 Å². The normalized spacial score (nSPS) is 16.0. The molecule has 7 aromatic carbocycles. The summed E-state index contributed by atoms with van der Waals surface area (Å²) >= 11 is 0. The summed E-state index contributed by atoms with van der Waals surface area (Å²) in [5.74, 6) is 0. The summed E-state index contributed by atoms with van der Waals surface area (Å²) in [6.07, 6.45) is 7.40. The van der Waals surface area contributed by atoms with Gasteiger partial charge in [-0.05, 0) is 86.2 Å². The molecule has 2 aliphatic rings. The zero-order valence-electron chi connectivity index (χ0n) is 30.6. The highest BCUT2D eigenvalue weighted by atomic mass is 14.8. The average Bonchev–Trinajstić information content (AvgIpc) is 3.68. The first-order chi connectivity index (χ1) is 26.7. The third-order valence-electron chi connectivity index (χ3n) is 11.0. The number of fused-ring (bicyclic) bond motifs is 7. The first kappa shape index (κ1) is 33.2. The third-order valence-corrected chi connectivity index (χ3v) is 11.0. The van der Waals surface area contributed by atoms with E-state index in [2.05, 4.69) is 189 Å². The summed E-state index contributed by atoms with van der Waals surface area (Å²) in [5.41, 5.74) is 18.1. The van der Waals surface area contributed by atoms with E-state index in [0.29, 0.717) is 0 Å². The van der Waals surface area contributed by atoms with E-state index in [-0.39, 0.29) is 0 Å². The Kier molecular flexibility index (Phi) is 8.65. The van der Waals surface area contributed by atoms with Crippen LogP contribution >= 0.6 is 0 Å². The fraction of sp³-hybridized carbons (Fsp3) is 0.0769. The van der Waals surface area contributed by atoms with Gasteiger partial charge in [0.2, 0.25) is 0 Å². The molecule has 0 fully saturated rings. The molecule has 2 nitrogen and oxygen atoms in total. The number of aliphatic imine (C=N–C) groups is 2. The number of benzene rings is 7. The highest BCUT2D eigenvalue weighted by Crippen LogP contribution is 2.62. The Morgan fingerprint density at radius 1 is 0.574 bits per heavy atom. The predicted molar refractivity (Wildman–Crippen MR) is 227 cm³/mol. The van der Waals surface area contributed by atoms with E-state index in [0.717, 1.165) is 34.5 Å². The van der Waals surface area contributed by atoms with E-state index in [1.807, 2.05) is 19.3 Å². The van der Waals surface area contributed by atoms with Crippen molar-refractivity contribution >= 4 is 23.6 Å². The summed E-state index contributed by atoms with van der Waals surface area (Å²) in [6.45, 7) is 2.16. The number of rotatable bonds is 8. The SMILES string of the molecule is C/N=C(C1=C(/N=C/c2ccccc2)C2(c3ccccc31)c1ccccc1-c1ccc(-c3ccc(C/C=C\c4ccccc4C)cc3)cc12)/c1ccccc1. The van der Waals surface area contributed by atoms with Gasteiger partial charge in [-0.3, -0.25) is 9.98 Å². The Balaban J connectivity index is 1.22. The van der Waals surface area contributed by atoms with Crippen LogP contribution in [-0.4, -0.2) is 19.0 Å². The van der Waals surface area contributed by atoms with Crippen LogP contribution in [0.2, 0.25) is 0 Å². The van der Waals surface area contributed by atoms with Crippen LogP contribution in [0.1, 0.15) is 50.1 Å². The van der Waals surface area contributed by atoms with Crippen molar-refractivity contribution in [2.75, 3.05) is 7.05 Å². The number of aryl methyl sites for hydroxylation is 1.